The van der Waals surface area contributed by atoms with E-state index in [1.54, 1.807) is 6.20 Å². The molecular weight excluding hydrogens is 198 g/mol. The molecule has 0 saturated carbocycles. The zero-order valence-electron chi connectivity index (χ0n) is 9.30. The van der Waals surface area contributed by atoms with E-state index in [1.165, 1.54) is 4.68 Å². The molecule has 0 fully saturated rings. The van der Waals surface area contributed by atoms with Crippen LogP contribution in [0, 0.1) is 5.92 Å². The molecule has 0 aliphatic heterocycles. The molecule has 1 heterocycles. The monoisotopic (exact) mass is 214 g/mol. The van der Waals surface area contributed by atoms with Crippen LogP contribution in [0.4, 0.5) is 8.78 Å². The lowest BCUT2D eigenvalue weighted by Gasteiger charge is -2.14. The maximum atomic E-state index is 13.7. The van der Waals surface area contributed by atoms with E-state index in [0.717, 1.165) is 5.56 Å². The molecule has 0 aromatic carbocycles. The van der Waals surface area contributed by atoms with Gasteiger partial charge in [0.05, 0.1) is 6.20 Å². The van der Waals surface area contributed by atoms with Crippen LogP contribution in [0.25, 0.3) is 0 Å². The van der Waals surface area contributed by atoms with Gasteiger partial charge in [-0.2, -0.15) is 13.9 Å². The second-order valence-electron chi connectivity index (χ2n) is 4.83. The first-order valence-electron chi connectivity index (χ1n) is 5.36. The average Bonchev–Trinajstić information content (AvgIpc) is 2.54. The van der Waals surface area contributed by atoms with Crippen molar-refractivity contribution < 1.29 is 8.78 Å². The van der Waals surface area contributed by atoms with Gasteiger partial charge in [-0.3, -0.25) is 4.68 Å². The second-order valence-corrected chi connectivity index (χ2v) is 4.83. The summed E-state index contributed by atoms with van der Waals surface area (Å²) in [4.78, 5) is 0. The summed E-state index contributed by atoms with van der Waals surface area (Å²) < 4.78 is 28.8. The standard InChI is InChI=1S/C11H16F2N2/c1-7(2)6-15-10-9(5-14-15)8(3)4-11(10,12)13/h5,7-8H,4,6H2,1-3H3/t8-/m0/s1. The Bertz CT molecular complexity index is 369. The fourth-order valence-corrected chi connectivity index (χ4v) is 2.24. The Labute approximate surface area is 88.3 Å². The lowest BCUT2D eigenvalue weighted by molar-refractivity contribution is -0.0150. The van der Waals surface area contributed by atoms with Crippen LogP contribution in [0.2, 0.25) is 0 Å². The molecule has 1 atom stereocenters. The number of hydrogen-bond acceptors (Lipinski definition) is 1. The van der Waals surface area contributed by atoms with Gasteiger partial charge in [0.25, 0.3) is 5.92 Å². The quantitative estimate of drug-likeness (QED) is 0.739. The fourth-order valence-electron chi connectivity index (χ4n) is 2.24. The first kappa shape index (κ1) is 10.6. The number of rotatable bonds is 2. The highest BCUT2D eigenvalue weighted by atomic mass is 19.3. The largest absolute Gasteiger partial charge is 0.290 e. The molecule has 0 spiro atoms. The molecule has 15 heavy (non-hydrogen) atoms. The molecule has 4 heteroatoms. The van der Waals surface area contributed by atoms with Crippen LogP contribution < -0.4 is 0 Å². The van der Waals surface area contributed by atoms with Crippen molar-refractivity contribution in [1.29, 1.82) is 0 Å². The molecule has 0 bridgehead atoms. The molecule has 1 aromatic rings. The maximum Gasteiger partial charge on any atom is 0.290 e. The molecule has 0 amide bonds. The Kier molecular flexibility index (Phi) is 2.32. The summed E-state index contributed by atoms with van der Waals surface area (Å²) in [5.41, 5.74) is 0.865. The van der Waals surface area contributed by atoms with Gasteiger partial charge in [-0.05, 0) is 11.8 Å². The lowest BCUT2D eigenvalue weighted by Crippen LogP contribution is -2.18. The highest BCUT2D eigenvalue weighted by Crippen LogP contribution is 2.47. The van der Waals surface area contributed by atoms with E-state index in [1.807, 2.05) is 20.8 Å². The molecule has 1 aliphatic rings. The van der Waals surface area contributed by atoms with Gasteiger partial charge in [-0.1, -0.05) is 20.8 Å². The zero-order valence-corrected chi connectivity index (χ0v) is 9.30. The summed E-state index contributed by atoms with van der Waals surface area (Å²) in [5, 5.41) is 4.06. The van der Waals surface area contributed by atoms with Crippen LogP contribution >= 0.6 is 0 Å². The van der Waals surface area contributed by atoms with E-state index in [9.17, 15) is 8.78 Å². The van der Waals surface area contributed by atoms with E-state index in [2.05, 4.69) is 5.10 Å². The summed E-state index contributed by atoms with van der Waals surface area (Å²) in [6.07, 6.45) is 1.53. The summed E-state index contributed by atoms with van der Waals surface area (Å²) >= 11 is 0. The molecule has 1 aliphatic carbocycles. The van der Waals surface area contributed by atoms with Crippen LogP contribution in [0.15, 0.2) is 6.20 Å². The average molecular weight is 214 g/mol. The summed E-state index contributed by atoms with van der Waals surface area (Å²) in [5.74, 6) is -2.43. The number of alkyl halides is 2. The van der Waals surface area contributed by atoms with E-state index in [0.29, 0.717) is 12.5 Å². The van der Waals surface area contributed by atoms with Crippen molar-refractivity contribution in [2.45, 2.75) is 45.6 Å². The Balaban J connectivity index is 2.41. The maximum absolute atomic E-state index is 13.7. The molecule has 0 saturated heterocycles. The van der Waals surface area contributed by atoms with Gasteiger partial charge in [0.1, 0.15) is 5.69 Å². The molecule has 2 rings (SSSR count). The van der Waals surface area contributed by atoms with Gasteiger partial charge in [-0.25, -0.2) is 0 Å². The van der Waals surface area contributed by atoms with E-state index in [-0.39, 0.29) is 18.0 Å². The summed E-state index contributed by atoms with van der Waals surface area (Å²) in [6.45, 7) is 6.41. The Morgan fingerprint density at radius 3 is 2.87 bits per heavy atom. The van der Waals surface area contributed by atoms with Crippen molar-refractivity contribution >= 4 is 0 Å². The minimum Gasteiger partial charge on any atom is -0.263 e. The van der Waals surface area contributed by atoms with Crippen LogP contribution in [-0.4, -0.2) is 9.78 Å². The molecule has 1 aromatic heterocycles. The Hall–Kier alpha value is -0.930. The van der Waals surface area contributed by atoms with Crippen molar-refractivity contribution in [3.05, 3.63) is 17.5 Å². The van der Waals surface area contributed by atoms with Crippen LogP contribution in [0.3, 0.4) is 0 Å². The second kappa shape index (κ2) is 3.29. The predicted molar refractivity (Wildman–Crippen MR) is 54.0 cm³/mol. The van der Waals surface area contributed by atoms with Gasteiger partial charge in [-0.15, -0.1) is 0 Å². The topological polar surface area (TPSA) is 17.8 Å². The van der Waals surface area contributed by atoms with Gasteiger partial charge in [0.15, 0.2) is 0 Å². The molecule has 2 nitrogen and oxygen atoms in total. The van der Waals surface area contributed by atoms with Crippen molar-refractivity contribution in [2.24, 2.45) is 5.92 Å². The van der Waals surface area contributed by atoms with Crippen LogP contribution in [0.1, 0.15) is 44.4 Å². The van der Waals surface area contributed by atoms with E-state index >= 15 is 0 Å². The third-order valence-electron chi connectivity index (χ3n) is 2.85. The minimum absolute atomic E-state index is 0.0711. The minimum atomic E-state index is -2.69. The SMILES string of the molecule is CC(C)Cn1ncc2c1C(F)(F)C[C@@H]2C. The van der Waals surface area contributed by atoms with E-state index in [4.69, 9.17) is 0 Å². The Morgan fingerprint density at radius 1 is 1.60 bits per heavy atom. The van der Waals surface area contributed by atoms with Crippen molar-refractivity contribution in [3.63, 3.8) is 0 Å². The highest BCUT2D eigenvalue weighted by Gasteiger charge is 2.46. The van der Waals surface area contributed by atoms with Gasteiger partial charge in [0, 0.05) is 18.5 Å². The number of fused-ring (bicyclic) bond motifs is 1. The third kappa shape index (κ3) is 1.66. The number of hydrogen-bond donors (Lipinski definition) is 0. The lowest BCUT2D eigenvalue weighted by atomic mass is 10.1. The van der Waals surface area contributed by atoms with Crippen molar-refractivity contribution in [2.75, 3.05) is 0 Å². The fraction of sp³-hybridized carbons (Fsp3) is 0.727. The summed E-state index contributed by atoms with van der Waals surface area (Å²) in [6, 6.07) is 0. The Morgan fingerprint density at radius 2 is 2.27 bits per heavy atom. The van der Waals surface area contributed by atoms with Gasteiger partial charge < -0.3 is 0 Å². The normalized spacial score (nSPS) is 23.5. The van der Waals surface area contributed by atoms with Crippen LogP contribution in [-0.2, 0) is 12.5 Å². The zero-order chi connectivity index (χ0) is 11.2. The predicted octanol–water partition coefficient (Wildman–Crippen LogP) is 3.14. The van der Waals surface area contributed by atoms with Crippen LogP contribution in [0.5, 0.6) is 0 Å². The first-order valence-corrected chi connectivity index (χ1v) is 5.36. The molecule has 0 radical (unpaired) electrons. The number of aromatic nitrogens is 2. The van der Waals surface area contributed by atoms with Gasteiger partial charge in [0.2, 0.25) is 0 Å². The first-order chi connectivity index (χ1) is 6.92. The molecule has 0 unspecified atom stereocenters. The van der Waals surface area contributed by atoms with Crippen molar-refractivity contribution in [3.8, 4) is 0 Å². The molecule has 0 N–H and O–H groups in total. The third-order valence-corrected chi connectivity index (χ3v) is 2.85. The van der Waals surface area contributed by atoms with Crippen molar-refractivity contribution in [1.82, 2.24) is 9.78 Å². The van der Waals surface area contributed by atoms with Gasteiger partial charge >= 0.3 is 0 Å². The highest BCUT2D eigenvalue weighted by molar-refractivity contribution is 5.32. The summed E-state index contributed by atoms with van der Waals surface area (Å²) in [7, 11) is 0. The number of halogens is 2. The van der Waals surface area contributed by atoms with E-state index < -0.39 is 5.92 Å². The number of nitrogens with zero attached hydrogens (tertiary/aromatic N) is 2. The smallest absolute Gasteiger partial charge is 0.263 e. The molecular formula is C11H16F2N2. The molecule has 84 valence electrons.